The van der Waals surface area contributed by atoms with Gasteiger partial charge in [0.2, 0.25) is 0 Å². The van der Waals surface area contributed by atoms with Crippen LogP contribution in [0.1, 0.15) is 32.1 Å². The van der Waals surface area contributed by atoms with Crippen molar-refractivity contribution in [3.8, 4) is 0 Å². The van der Waals surface area contributed by atoms with Crippen LogP contribution in [-0.4, -0.2) is 44.8 Å². The number of hydrogen-bond donors (Lipinski definition) is 1. The molecule has 0 saturated carbocycles. The molecule has 1 fully saturated rings. The molecule has 1 rings (SSSR count). The lowest BCUT2D eigenvalue weighted by Crippen LogP contribution is -2.31. The van der Waals surface area contributed by atoms with Gasteiger partial charge < -0.3 is 15.4 Å². The quantitative estimate of drug-likeness (QED) is 0.652. The lowest BCUT2D eigenvalue weighted by molar-refractivity contribution is 0.0419. The van der Waals surface area contributed by atoms with Crippen LogP contribution in [0.25, 0.3) is 0 Å². The molecule has 1 heterocycles. The Morgan fingerprint density at radius 1 is 1.33 bits per heavy atom. The van der Waals surface area contributed by atoms with Crippen molar-refractivity contribution in [2.24, 2.45) is 11.7 Å². The maximum Gasteiger partial charge on any atom is 0.0506 e. The molecule has 0 aromatic heterocycles. The van der Waals surface area contributed by atoms with Gasteiger partial charge in [-0.3, -0.25) is 0 Å². The van der Waals surface area contributed by atoms with Gasteiger partial charge >= 0.3 is 0 Å². The monoisotopic (exact) mass is 214 g/mol. The van der Waals surface area contributed by atoms with Gasteiger partial charge in [0.1, 0.15) is 0 Å². The molecule has 15 heavy (non-hydrogen) atoms. The Labute approximate surface area is 94.0 Å². The van der Waals surface area contributed by atoms with E-state index in [4.69, 9.17) is 10.5 Å². The van der Waals surface area contributed by atoms with Crippen molar-refractivity contribution in [1.82, 2.24) is 4.90 Å². The van der Waals surface area contributed by atoms with E-state index in [1.54, 1.807) is 0 Å². The van der Waals surface area contributed by atoms with Gasteiger partial charge in [-0.25, -0.2) is 0 Å². The zero-order valence-electron chi connectivity index (χ0n) is 10.1. The summed E-state index contributed by atoms with van der Waals surface area (Å²) >= 11 is 0. The fourth-order valence-corrected chi connectivity index (χ4v) is 2.19. The number of unbranched alkanes of at least 4 members (excludes halogenated alkanes) is 2. The first kappa shape index (κ1) is 12.9. The third kappa shape index (κ3) is 6.13. The van der Waals surface area contributed by atoms with Crippen molar-refractivity contribution in [3.05, 3.63) is 0 Å². The Morgan fingerprint density at radius 3 is 2.87 bits per heavy atom. The molecule has 1 aliphatic heterocycles. The molecule has 0 amide bonds. The highest BCUT2D eigenvalue weighted by Gasteiger charge is 2.15. The molecular weight excluding hydrogens is 188 g/mol. The average Bonchev–Trinajstić information content (AvgIpc) is 2.26. The van der Waals surface area contributed by atoms with Crippen molar-refractivity contribution in [3.63, 3.8) is 0 Å². The second-order valence-corrected chi connectivity index (χ2v) is 4.69. The van der Waals surface area contributed by atoms with Crippen LogP contribution >= 0.6 is 0 Å². The van der Waals surface area contributed by atoms with E-state index in [9.17, 15) is 0 Å². The van der Waals surface area contributed by atoms with E-state index in [-0.39, 0.29) is 0 Å². The number of rotatable bonds is 7. The molecule has 0 aromatic rings. The largest absolute Gasteiger partial charge is 0.381 e. The highest BCUT2D eigenvalue weighted by atomic mass is 16.5. The van der Waals surface area contributed by atoms with E-state index in [1.165, 1.54) is 45.2 Å². The maximum absolute atomic E-state index is 5.48. The lowest BCUT2D eigenvalue weighted by atomic mass is 10.0. The molecule has 2 N–H and O–H groups in total. The summed E-state index contributed by atoms with van der Waals surface area (Å²) in [5, 5.41) is 0. The normalized spacial score (nSPS) is 22.2. The van der Waals surface area contributed by atoms with E-state index in [0.29, 0.717) is 0 Å². The molecule has 0 aromatic carbocycles. The van der Waals surface area contributed by atoms with Gasteiger partial charge in [-0.1, -0.05) is 6.42 Å². The summed E-state index contributed by atoms with van der Waals surface area (Å²) < 4.78 is 5.48. The first-order chi connectivity index (χ1) is 7.33. The summed E-state index contributed by atoms with van der Waals surface area (Å²) in [6, 6.07) is 0. The molecule has 3 nitrogen and oxygen atoms in total. The standard InChI is InChI=1S/C12H26N2O/c1-14(8-4-2-3-7-13)10-12-6-5-9-15-11-12/h12H,2-11,13H2,1H3. The Bertz CT molecular complexity index is 147. The van der Waals surface area contributed by atoms with Crippen LogP contribution in [0.15, 0.2) is 0 Å². The molecule has 0 spiro atoms. The van der Waals surface area contributed by atoms with Crippen molar-refractivity contribution in [2.75, 3.05) is 39.9 Å². The molecule has 0 aliphatic carbocycles. The molecule has 0 radical (unpaired) electrons. The molecule has 1 aliphatic rings. The lowest BCUT2D eigenvalue weighted by Gasteiger charge is -2.27. The summed E-state index contributed by atoms with van der Waals surface area (Å²) in [7, 11) is 2.22. The second kappa shape index (κ2) is 8.08. The minimum atomic E-state index is 0.762. The highest BCUT2D eigenvalue weighted by Crippen LogP contribution is 2.14. The van der Waals surface area contributed by atoms with Crippen LogP contribution in [0.5, 0.6) is 0 Å². The zero-order chi connectivity index (χ0) is 10.9. The Morgan fingerprint density at radius 2 is 2.20 bits per heavy atom. The van der Waals surface area contributed by atoms with Crippen LogP contribution < -0.4 is 5.73 Å². The molecular formula is C12H26N2O. The van der Waals surface area contributed by atoms with Gasteiger partial charge in [0.25, 0.3) is 0 Å². The zero-order valence-corrected chi connectivity index (χ0v) is 10.1. The molecule has 1 unspecified atom stereocenters. The number of ether oxygens (including phenoxy) is 1. The van der Waals surface area contributed by atoms with Gasteiger partial charge in [-0.2, -0.15) is 0 Å². The highest BCUT2D eigenvalue weighted by molar-refractivity contribution is 4.67. The second-order valence-electron chi connectivity index (χ2n) is 4.69. The SMILES string of the molecule is CN(CCCCCN)CC1CCCOC1. The summed E-state index contributed by atoms with van der Waals surface area (Å²) in [5.41, 5.74) is 5.46. The third-order valence-corrected chi connectivity index (χ3v) is 3.07. The van der Waals surface area contributed by atoms with E-state index in [2.05, 4.69) is 11.9 Å². The van der Waals surface area contributed by atoms with Gasteiger partial charge in [-0.05, 0) is 51.7 Å². The minimum absolute atomic E-state index is 0.762. The smallest absolute Gasteiger partial charge is 0.0506 e. The van der Waals surface area contributed by atoms with Crippen LogP contribution in [0.2, 0.25) is 0 Å². The van der Waals surface area contributed by atoms with E-state index in [1.807, 2.05) is 0 Å². The van der Waals surface area contributed by atoms with E-state index < -0.39 is 0 Å². The molecule has 1 saturated heterocycles. The summed E-state index contributed by atoms with van der Waals surface area (Å²) in [5.74, 6) is 0.762. The van der Waals surface area contributed by atoms with Gasteiger partial charge in [0, 0.05) is 13.2 Å². The van der Waals surface area contributed by atoms with Crippen LogP contribution in [0, 0.1) is 5.92 Å². The Kier molecular flexibility index (Phi) is 6.98. The Hall–Kier alpha value is -0.120. The fraction of sp³-hybridized carbons (Fsp3) is 1.00. The first-order valence-electron chi connectivity index (χ1n) is 6.29. The predicted octanol–water partition coefficient (Wildman–Crippen LogP) is 1.47. The molecule has 0 bridgehead atoms. The number of hydrogen-bond acceptors (Lipinski definition) is 3. The molecule has 1 atom stereocenters. The molecule has 3 heteroatoms. The summed E-state index contributed by atoms with van der Waals surface area (Å²) in [4.78, 5) is 2.44. The number of nitrogens with zero attached hydrogens (tertiary/aromatic N) is 1. The van der Waals surface area contributed by atoms with Crippen molar-refractivity contribution in [2.45, 2.75) is 32.1 Å². The summed E-state index contributed by atoms with van der Waals surface area (Å²) in [6.07, 6.45) is 6.29. The average molecular weight is 214 g/mol. The maximum atomic E-state index is 5.48. The van der Waals surface area contributed by atoms with Crippen molar-refractivity contribution >= 4 is 0 Å². The van der Waals surface area contributed by atoms with E-state index in [0.717, 1.165) is 25.7 Å². The summed E-state index contributed by atoms with van der Waals surface area (Å²) in [6.45, 7) is 5.17. The van der Waals surface area contributed by atoms with E-state index >= 15 is 0 Å². The number of nitrogens with two attached hydrogens (primary N) is 1. The first-order valence-corrected chi connectivity index (χ1v) is 6.29. The van der Waals surface area contributed by atoms with Crippen molar-refractivity contribution < 1.29 is 4.74 Å². The van der Waals surface area contributed by atoms with Crippen LogP contribution in [0.4, 0.5) is 0 Å². The van der Waals surface area contributed by atoms with Gasteiger partial charge in [0.05, 0.1) is 6.61 Å². The van der Waals surface area contributed by atoms with Crippen molar-refractivity contribution in [1.29, 1.82) is 0 Å². The van der Waals surface area contributed by atoms with Gasteiger partial charge in [0.15, 0.2) is 0 Å². The Balaban J connectivity index is 1.98. The van der Waals surface area contributed by atoms with Crippen LogP contribution in [0.3, 0.4) is 0 Å². The molecule has 90 valence electrons. The van der Waals surface area contributed by atoms with Gasteiger partial charge in [-0.15, -0.1) is 0 Å². The minimum Gasteiger partial charge on any atom is -0.381 e. The fourth-order valence-electron chi connectivity index (χ4n) is 2.19. The predicted molar refractivity (Wildman–Crippen MR) is 63.9 cm³/mol. The third-order valence-electron chi connectivity index (χ3n) is 3.07. The topological polar surface area (TPSA) is 38.5 Å². The van der Waals surface area contributed by atoms with Crippen LogP contribution in [-0.2, 0) is 4.74 Å².